The highest BCUT2D eigenvalue weighted by atomic mass is 16.4. The maximum absolute atomic E-state index is 11.7. The van der Waals surface area contributed by atoms with Crippen molar-refractivity contribution in [3.63, 3.8) is 0 Å². The molecule has 2 aromatic carbocycles. The van der Waals surface area contributed by atoms with Crippen LogP contribution < -0.4 is 0 Å². The molecule has 0 radical (unpaired) electrons. The molecule has 130 valence electrons. The van der Waals surface area contributed by atoms with Crippen LogP contribution in [-0.4, -0.2) is 40.1 Å². The summed E-state index contributed by atoms with van der Waals surface area (Å²) < 4.78 is 0. The van der Waals surface area contributed by atoms with E-state index in [1.165, 1.54) is 0 Å². The Morgan fingerprint density at radius 1 is 1.08 bits per heavy atom. The zero-order valence-corrected chi connectivity index (χ0v) is 14.1. The largest absolute Gasteiger partial charge is 0.481 e. The number of nitrogens with zero attached hydrogens (tertiary/aromatic N) is 1. The van der Waals surface area contributed by atoms with Crippen molar-refractivity contribution in [3.8, 4) is 0 Å². The lowest BCUT2D eigenvalue weighted by molar-refractivity contribution is -0.141. The number of rotatable bonds is 5. The van der Waals surface area contributed by atoms with Crippen molar-refractivity contribution in [1.82, 2.24) is 4.90 Å². The first-order valence-electron chi connectivity index (χ1n) is 8.28. The van der Waals surface area contributed by atoms with E-state index in [0.717, 1.165) is 16.7 Å². The molecule has 1 heterocycles. The molecule has 2 N–H and O–H groups in total. The van der Waals surface area contributed by atoms with E-state index >= 15 is 0 Å². The van der Waals surface area contributed by atoms with Gasteiger partial charge in [-0.3, -0.25) is 9.69 Å². The summed E-state index contributed by atoms with van der Waals surface area (Å²) in [7, 11) is 0. The van der Waals surface area contributed by atoms with Crippen molar-refractivity contribution in [2.75, 3.05) is 13.1 Å². The highest BCUT2D eigenvalue weighted by molar-refractivity contribution is 5.87. The minimum atomic E-state index is -0.954. The predicted molar refractivity (Wildman–Crippen MR) is 93.7 cm³/mol. The van der Waals surface area contributed by atoms with Gasteiger partial charge in [0.25, 0.3) is 0 Å². The summed E-state index contributed by atoms with van der Waals surface area (Å²) in [6, 6.07) is 14.7. The van der Waals surface area contributed by atoms with Crippen molar-refractivity contribution in [2.45, 2.75) is 19.4 Å². The van der Waals surface area contributed by atoms with Crippen LogP contribution in [0.3, 0.4) is 0 Å². The van der Waals surface area contributed by atoms with E-state index in [0.29, 0.717) is 19.6 Å². The quantitative estimate of drug-likeness (QED) is 0.875. The second-order valence-corrected chi connectivity index (χ2v) is 6.61. The smallest absolute Gasteiger partial charge is 0.335 e. The first-order valence-corrected chi connectivity index (χ1v) is 8.28. The Hall–Kier alpha value is -2.66. The molecular weight excluding hydrogens is 318 g/mol. The molecule has 0 bridgehead atoms. The van der Waals surface area contributed by atoms with Crippen LogP contribution >= 0.6 is 0 Å². The Bertz CT molecular complexity index is 802. The van der Waals surface area contributed by atoms with Crippen LogP contribution in [0.15, 0.2) is 48.5 Å². The monoisotopic (exact) mass is 339 g/mol. The van der Waals surface area contributed by atoms with Gasteiger partial charge in [-0.25, -0.2) is 4.79 Å². The number of benzene rings is 2. The van der Waals surface area contributed by atoms with Crippen LogP contribution in [-0.2, 0) is 11.3 Å². The molecule has 1 saturated heterocycles. The summed E-state index contributed by atoms with van der Waals surface area (Å²) in [5.74, 6) is -2.25. The average molecular weight is 339 g/mol. The van der Waals surface area contributed by atoms with E-state index in [1.54, 1.807) is 18.2 Å². The second-order valence-electron chi connectivity index (χ2n) is 6.61. The van der Waals surface area contributed by atoms with Crippen LogP contribution in [0.2, 0.25) is 0 Å². The fraction of sp³-hybridized carbons (Fsp3) is 0.300. The van der Waals surface area contributed by atoms with Crippen molar-refractivity contribution < 1.29 is 19.8 Å². The molecule has 0 unspecified atom stereocenters. The number of hydrogen-bond donors (Lipinski definition) is 2. The minimum absolute atomic E-state index is 0.0543. The van der Waals surface area contributed by atoms with Crippen molar-refractivity contribution >= 4 is 11.9 Å². The summed E-state index contributed by atoms with van der Waals surface area (Å²) in [4.78, 5) is 24.9. The summed E-state index contributed by atoms with van der Waals surface area (Å²) in [5, 5.41) is 18.7. The molecule has 0 saturated carbocycles. The zero-order valence-electron chi connectivity index (χ0n) is 14.1. The predicted octanol–water partition coefficient (Wildman–Crippen LogP) is 2.99. The number of carboxylic acids is 2. The molecule has 1 fully saturated rings. The first kappa shape index (κ1) is 17.2. The van der Waals surface area contributed by atoms with Crippen molar-refractivity contribution in [1.29, 1.82) is 0 Å². The Labute approximate surface area is 146 Å². The van der Waals surface area contributed by atoms with Gasteiger partial charge in [0.05, 0.1) is 11.5 Å². The summed E-state index contributed by atoms with van der Waals surface area (Å²) in [6.45, 7) is 3.67. The number of aryl methyl sites for hydroxylation is 1. The number of hydrogen-bond acceptors (Lipinski definition) is 3. The topological polar surface area (TPSA) is 77.8 Å². The number of aromatic carboxylic acids is 1. The highest BCUT2D eigenvalue weighted by Crippen LogP contribution is 2.35. The van der Waals surface area contributed by atoms with Gasteiger partial charge in [-0.1, -0.05) is 36.4 Å². The molecule has 1 aliphatic rings. The molecule has 0 aliphatic carbocycles. The normalized spacial score (nSPS) is 20.5. The number of aliphatic carboxylic acids is 1. The Morgan fingerprint density at radius 2 is 1.84 bits per heavy atom. The van der Waals surface area contributed by atoms with Gasteiger partial charge in [-0.05, 0) is 35.7 Å². The van der Waals surface area contributed by atoms with Gasteiger partial charge in [-0.2, -0.15) is 0 Å². The van der Waals surface area contributed by atoms with Crippen LogP contribution in [0.25, 0.3) is 0 Å². The third kappa shape index (κ3) is 3.72. The molecule has 0 spiro atoms. The third-order valence-electron chi connectivity index (χ3n) is 4.88. The molecule has 3 rings (SSSR count). The van der Waals surface area contributed by atoms with E-state index in [1.807, 2.05) is 37.3 Å². The lowest BCUT2D eigenvalue weighted by atomic mass is 9.86. The number of carboxylic acid groups (broad SMARTS) is 2. The molecule has 2 aromatic rings. The van der Waals surface area contributed by atoms with Gasteiger partial charge >= 0.3 is 11.9 Å². The third-order valence-corrected chi connectivity index (χ3v) is 4.88. The molecule has 0 aromatic heterocycles. The van der Waals surface area contributed by atoms with E-state index < -0.39 is 17.9 Å². The Kier molecular flexibility index (Phi) is 4.86. The van der Waals surface area contributed by atoms with E-state index in [9.17, 15) is 14.7 Å². The van der Waals surface area contributed by atoms with E-state index in [2.05, 4.69) is 4.90 Å². The molecule has 1 aliphatic heterocycles. The second kappa shape index (κ2) is 7.07. The van der Waals surface area contributed by atoms with Crippen molar-refractivity contribution in [2.24, 2.45) is 5.92 Å². The lowest BCUT2D eigenvalue weighted by Gasteiger charge is -2.18. The summed E-state index contributed by atoms with van der Waals surface area (Å²) in [5.41, 5.74) is 3.32. The Morgan fingerprint density at radius 3 is 2.52 bits per heavy atom. The number of carbonyl (C=O) groups is 2. The maximum atomic E-state index is 11.7. The first-order chi connectivity index (χ1) is 12.0. The minimum Gasteiger partial charge on any atom is -0.481 e. The zero-order chi connectivity index (χ0) is 18.0. The molecule has 5 heteroatoms. The van der Waals surface area contributed by atoms with Gasteiger partial charge in [0.2, 0.25) is 0 Å². The van der Waals surface area contributed by atoms with Gasteiger partial charge < -0.3 is 10.2 Å². The van der Waals surface area contributed by atoms with Crippen LogP contribution in [0, 0.1) is 12.8 Å². The SMILES string of the molecule is Cc1ccccc1[C@@H]1CN(Cc2cccc(C(=O)O)c2)C[C@H]1C(=O)O. The maximum Gasteiger partial charge on any atom is 0.335 e. The van der Waals surface area contributed by atoms with Crippen LogP contribution in [0.5, 0.6) is 0 Å². The standard InChI is InChI=1S/C20H21NO4/c1-13-5-2-3-8-16(13)17-11-21(12-18(17)20(24)25)10-14-6-4-7-15(9-14)19(22)23/h2-9,17-18H,10-12H2,1H3,(H,22,23)(H,24,25)/t17-,18+/m0/s1. The molecule has 0 amide bonds. The summed E-state index contributed by atoms with van der Waals surface area (Å²) in [6.07, 6.45) is 0. The van der Waals surface area contributed by atoms with Gasteiger partial charge in [0, 0.05) is 25.6 Å². The van der Waals surface area contributed by atoms with Crippen molar-refractivity contribution in [3.05, 3.63) is 70.8 Å². The van der Waals surface area contributed by atoms with Crippen LogP contribution in [0.4, 0.5) is 0 Å². The molecule has 25 heavy (non-hydrogen) atoms. The molecular formula is C20H21NO4. The average Bonchev–Trinajstić information content (AvgIpc) is 2.99. The van der Waals surface area contributed by atoms with Crippen LogP contribution in [0.1, 0.15) is 33.0 Å². The fourth-order valence-corrected chi connectivity index (χ4v) is 3.64. The fourth-order valence-electron chi connectivity index (χ4n) is 3.64. The Balaban J connectivity index is 1.81. The number of likely N-dealkylation sites (tertiary alicyclic amines) is 1. The molecule has 5 nitrogen and oxygen atoms in total. The van der Waals surface area contributed by atoms with Gasteiger partial charge in [-0.15, -0.1) is 0 Å². The van der Waals surface area contributed by atoms with E-state index in [-0.39, 0.29) is 11.5 Å². The summed E-state index contributed by atoms with van der Waals surface area (Å²) >= 11 is 0. The van der Waals surface area contributed by atoms with Gasteiger partial charge in [0.1, 0.15) is 0 Å². The highest BCUT2D eigenvalue weighted by Gasteiger charge is 2.38. The molecule has 2 atom stereocenters. The lowest BCUT2D eigenvalue weighted by Crippen LogP contribution is -2.23. The van der Waals surface area contributed by atoms with E-state index in [4.69, 9.17) is 5.11 Å². The van der Waals surface area contributed by atoms with Gasteiger partial charge in [0.15, 0.2) is 0 Å².